The number of amides is 2. The molecule has 7 heteroatoms. The molecule has 2 aromatic rings. The van der Waals surface area contributed by atoms with Gasteiger partial charge in [-0.3, -0.25) is 0 Å². The second kappa shape index (κ2) is 9.12. The van der Waals surface area contributed by atoms with Crippen LogP contribution in [0.1, 0.15) is 5.56 Å². The van der Waals surface area contributed by atoms with Gasteiger partial charge in [0.25, 0.3) is 0 Å². The van der Waals surface area contributed by atoms with E-state index >= 15 is 0 Å². The fourth-order valence-electron chi connectivity index (χ4n) is 1.92. The molecule has 0 atom stereocenters. The van der Waals surface area contributed by atoms with E-state index < -0.39 is 0 Å². The van der Waals surface area contributed by atoms with E-state index in [4.69, 9.17) is 9.47 Å². The summed E-state index contributed by atoms with van der Waals surface area (Å²) in [5.41, 5.74) is 0.679. The maximum Gasteiger partial charge on any atom is 0.315 e. The first kappa shape index (κ1) is 18.1. The second-order valence-corrected chi connectivity index (χ2v) is 5.74. The molecule has 2 aromatic carbocycles. The number of carbonyl (C=O) groups excluding carboxylic acids is 1. The first-order valence-electron chi connectivity index (χ1n) is 7.31. The summed E-state index contributed by atoms with van der Waals surface area (Å²) in [6, 6.07) is 11.6. The number of halogens is 2. The van der Waals surface area contributed by atoms with Crippen LogP contribution >= 0.6 is 15.9 Å². The first-order valence-corrected chi connectivity index (χ1v) is 8.10. The Hall–Kier alpha value is -2.28. The van der Waals surface area contributed by atoms with Crippen LogP contribution in [-0.4, -0.2) is 26.3 Å². The Morgan fingerprint density at radius 1 is 1.17 bits per heavy atom. The molecule has 0 unspecified atom stereocenters. The molecule has 0 spiro atoms. The third-order valence-corrected chi connectivity index (χ3v) is 3.78. The Morgan fingerprint density at radius 3 is 2.71 bits per heavy atom. The van der Waals surface area contributed by atoms with E-state index in [9.17, 15) is 9.18 Å². The van der Waals surface area contributed by atoms with Gasteiger partial charge < -0.3 is 20.1 Å². The van der Waals surface area contributed by atoms with Gasteiger partial charge >= 0.3 is 6.03 Å². The van der Waals surface area contributed by atoms with E-state index in [-0.39, 0.29) is 18.4 Å². The third kappa shape index (κ3) is 5.73. The van der Waals surface area contributed by atoms with Crippen LogP contribution in [0.2, 0.25) is 0 Å². The average molecular weight is 397 g/mol. The summed E-state index contributed by atoms with van der Waals surface area (Å²) in [5, 5.41) is 5.32. The summed E-state index contributed by atoms with van der Waals surface area (Å²) in [4.78, 5) is 11.7. The van der Waals surface area contributed by atoms with Crippen molar-refractivity contribution in [2.24, 2.45) is 0 Å². The number of hydrogen-bond acceptors (Lipinski definition) is 3. The van der Waals surface area contributed by atoms with Crippen LogP contribution in [-0.2, 0) is 6.54 Å². The third-order valence-electron chi connectivity index (χ3n) is 3.13. The van der Waals surface area contributed by atoms with Gasteiger partial charge in [0.2, 0.25) is 0 Å². The van der Waals surface area contributed by atoms with E-state index in [1.165, 1.54) is 6.07 Å². The number of ether oxygens (including phenoxy) is 2. The van der Waals surface area contributed by atoms with Gasteiger partial charge in [-0.1, -0.05) is 12.1 Å². The lowest BCUT2D eigenvalue weighted by Crippen LogP contribution is -2.37. The molecule has 24 heavy (non-hydrogen) atoms. The molecule has 0 aliphatic carbocycles. The number of methoxy groups -OCH3 is 1. The Morgan fingerprint density at radius 2 is 1.96 bits per heavy atom. The van der Waals surface area contributed by atoms with E-state index in [1.807, 2.05) is 18.2 Å². The summed E-state index contributed by atoms with van der Waals surface area (Å²) < 4.78 is 24.4. The molecule has 0 radical (unpaired) electrons. The molecule has 0 fully saturated rings. The van der Waals surface area contributed by atoms with Gasteiger partial charge in [-0.05, 0) is 45.8 Å². The molecule has 5 nitrogen and oxygen atoms in total. The zero-order valence-corrected chi connectivity index (χ0v) is 14.7. The molecule has 0 bridgehead atoms. The number of benzene rings is 2. The Balaban J connectivity index is 1.66. The van der Waals surface area contributed by atoms with Crippen LogP contribution in [0.25, 0.3) is 0 Å². The largest absolute Gasteiger partial charge is 0.497 e. The summed E-state index contributed by atoms with van der Waals surface area (Å²) in [7, 11) is 1.59. The summed E-state index contributed by atoms with van der Waals surface area (Å²) in [6.07, 6.45) is 0. The molecule has 2 amide bonds. The fourth-order valence-corrected chi connectivity index (χ4v) is 2.17. The lowest BCUT2D eigenvalue weighted by molar-refractivity contribution is 0.236. The molecular weight excluding hydrogens is 379 g/mol. The van der Waals surface area contributed by atoms with Crippen molar-refractivity contribution >= 4 is 22.0 Å². The molecule has 0 saturated heterocycles. The number of carbonyl (C=O) groups is 1. The summed E-state index contributed by atoms with van der Waals surface area (Å²) in [6.45, 7) is 0.915. The van der Waals surface area contributed by atoms with Crippen molar-refractivity contribution in [3.05, 3.63) is 58.3 Å². The van der Waals surface area contributed by atoms with Gasteiger partial charge in [0, 0.05) is 12.6 Å². The van der Waals surface area contributed by atoms with Crippen LogP contribution in [0.5, 0.6) is 11.5 Å². The number of nitrogens with one attached hydrogen (secondary N) is 2. The highest BCUT2D eigenvalue weighted by atomic mass is 79.9. The maximum absolute atomic E-state index is 13.4. The molecule has 0 aliphatic rings. The summed E-state index contributed by atoms with van der Waals surface area (Å²) in [5.74, 6) is 1.02. The van der Waals surface area contributed by atoms with E-state index in [2.05, 4.69) is 26.6 Å². The van der Waals surface area contributed by atoms with Gasteiger partial charge in [0.15, 0.2) is 0 Å². The minimum Gasteiger partial charge on any atom is -0.497 e. The highest BCUT2D eigenvalue weighted by molar-refractivity contribution is 9.10. The monoisotopic (exact) mass is 396 g/mol. The van der Waals surface area contributed by atoms with Crippen molar-refractivity contribution in [2.45, 2.75) is 6.54 Å². The minimum absolute atomic E-state index is 0.243. The number of urea groups is 1. The molecule has 0 heterocycles. The summed E-state index contributed by atoms with van der Waals surface area (Å²) >= 11 is 3.08. The van der Waals surface area contributed by atoms with Crippen molar-refractivity contribution < 1.29 is 18.7 Å². The molecule has 0 aliphatic heterocycles. The molecular formula is C17H18BrFN2O3. The fraction of sp³-hybridized carbons (Fsp3) is 0.235. The predicted molar refractivity (Wildman–Crippen MR) is 92.8 cm³/mol. The van der Waals surface area contributed by atoms with Crippen molar-refractivity contribution in [3.8, 4) is 11.5 Å². The average Bonchev–Trinajstić information content (AvgIpc) is 2.60. The molecule has 0 saturated carbocycles. The van der Waals surface area contributed by atoms with Crippen LogP contribution in [0.4, 0.5) is 9.18 Å². The Labute approximate surface area is 148 Å². The lowest BCUT2D eigenvalue weighted by Gasteiger charge is -2.10. The SMILES string of the molecule is COc1cccc(OCCNC(=O)NCc2ccc(Br)c(F)c2)c1. The molecule has 0 aromatic heterocycles. The zero-order chi connectivity index (χ0) is 17.4. The normalized spacial score (nSPS) is 10.1. The van der Waals surface area contributed by atoms with Gasteiger partial charge in [-0.15, -0.1) is 0 Å². The van der Waals surface area contributed by atoms with Crippen LogP contribution in [0.15, 0.2) is 46.9 Å². The van der Waals surface area contributed by atoms with Crippen molar-refractivity contribution in [1.29, 1.82) is 0 Å². The van der Waals surface area contributed by atoms with Gasteiger partial charge in [0.05, 0.1) is 18.1 Å². The first-order chi connectivity index (χ1) is 11.6. The standard InChI is InChI=1S/C17H18BrFN2O3/c1-23-13-3-2-4-14(10-13)24-8-7-20-17(22)21-11-12-5-6-15(18)16(19)9-12/h2-6,9-10H,7-8,11H2,1H3,(H2,20,21,22). The number of rotatable bonds is 7. The molecule has 2 rings (SSSR count). The Kier molecular flexibility index (Phi) is 6.87. The maximum atomic E-state index is 13.4. The quantitative estimate of drug-likeness (QED) is 0.704. The lowest BCUT2D eigenvalue weighted by atomic mass is 10.2. The van der Waals surface area contributed by atoms with Gasteiger partial charge in [-0.2, -0.15) is 0 Å². The minimum atomic E-state index is -0.360. The smallest absolute Gasteiger partial charge is 0.315 e. The van der Waals surface area contributed by atoms with Crippen LogP contribution in [0, 0.1) is 5.82 Å². The van der Waals surface area contributed by atoms with Crippen LogP contribution < -0.4 is 20.1 Å². The van der Waals surface area contributed by atoms with Crippen molar-refractivity contribution in [3.63, 3.8) is 0 Å². The second-order valence-electron chi connectivity index (χ2n) is 4.89. The van der Waals surface area contributed by atoms with Gasteiger partial charge in [0.1, 0.15) is 23.9 Å². The van der Waals surface area contributed by atoms with Gasteiger partial charge in [-0.25, -0.2) is 9.18 Å². The zero-order valence-electron chi connectivity index (χ0n) is 13.1. The van der Waals surface area contributed by atoms with Crippen LogP contribution in [0.3, 0.4) is 0 Å². The molecule has 128 valence electrons. The topological polar surface area (TPSA) is 59.6 Å². The number of hydrogen-bond donors (Lipinski definition) is 2. The van der Waals surface area contributed by atoms with E-state index in [0.717, 1.165) is 0 Å². The molecule has 2 N–H and O–H groups in total. The van der Waals surface area contributed by atoms with Crippen molar-refractivity contribution in [2.75, 3.05) is 20.3 Å². The highest BCUT2D eigenvalue weighted by Crippen LogP contribution is 2.18. The predicted octanol–water partition coefficient (Wildman–Crippen LogP) is 3.48. The van der Waals surface area contributed by atoms with Crippen molar-refractivity contribution in [1.82, 2.24) is 10.6 Å². The van der Waals surface area contributed by atoms with E-state index in [0.29, 0.717) is 34.7 Å². The van der Waals surface area contributed by atoms with E-state index in [1.54, 1.807) is 25.3 Å². The Bertz CT molecular complexity index is 697. The highest BCUT2D eigenvalue weighted by Gasteiger charge is 2.03.